The molecule has 66 valence electrons. The van der Waals surface area contributed by atoms with Crippen molar-refractivity contribution in [2.75, 3.05) is 0 Å². The first-order valence-electron chi connectivity index (χ1n) is 3.61. The minimum Gasteiger partial charge on any atom is -0.351 e. The molecule has 0 aliphatic rings. The summed E-state index contributed by atoms with van der Waals surface area (Å²) >= 11 is 3.35. The van der Waals surface area contributed by atoms with E-state index < -0.39 is 6.03 Å². The first kappa shape index (κ1) is 8.25. The van der Waals surface area contributed by atoms with Crippen molar-refractivity contribution in [1.82, 2.24) is 9.55 Å². The van der Waals surface area contributed by atoms with Gasteiger partial charge in [0.1, 0.15) is 5.65 Å². The summed E-state index contributed by atoms with van der Waals surface area (Å²) < 4.78 is 2.21. The van der Waals surface area contributed by atoms with Crippen LogP contribution >= 0.6 is 15.9 Å². The van der Waals surface area contributed by atoms with Crippen LogP contribution in [-0.2, 0) is 0 Å². The summed E-state index contributed by atoms with van der Waals surface area (Å²) in [5, 5.41) is 0.876. The Morgan fingerprint density at radius 2 is 2.31 bits per heavy atom. The number of hydrogen-bond donors (Lipinski definition) is 1. The van der Waals surface area contributed by atoms with Gasteiger partial charge < -0.3 is 5.73 Å². The van der Waals surface area contributed by atoms with Crippen molar-refractivity contribution < 1.29 is 4.79 Å². The predicted molar refractivity (Wildman–Crippen MR) is 52.4 cm³/mol. The fourth-order valence-electron chi connectivity index (χ4n) is 1.18. The fraction of sp³-hybridized carbons (Fsp3) is 0. The highest BCUT2D eigenvalue weighted by Gasteiger charge is 2.07. The largest absolute Gasteiger partial charge is 0.351 e. The lowest BCUT2D eigenvalue weighted by atomic mass is 10.3. The highest BCUT2D eigenvalue weighted by atomic mass is 79.9. The number of fused-ring (bicyclic) bond motifs is 1. The van der Waals surface area contributed by atoms with Gasteiger partial charge in [0, 0.05) is 22.3 Å². The molecule has 2 aromatic rings. The Morgan fingerprint density at radius 3 is 3.00 bits per heavy atom. The van der Waals surface area contributed by atoms with Crippen molar-refractivity contribution in [1.29, 1.82) is 0 Å². The van der Waals surface area contributed by atoms with E-state index in [9.17, 15) is 4.79 Å². The average molecular weight is 240 g/mol. The van der Waals surface area contributed by atoms with E-state index in [0.717, 1.165) is 9.86 Å². The van der Waals surface area contributed by atoms with Gasteiger partial charge in [-0.1, -0.05) is 0 Å². The van der Waals surface area contributed by atoms with Crippen LogP contribution in [-0.4, -0.2) is 15.6 Å². The number of halogens is 1. The molecule has 2 heterocycles. The van der Waals surface area contributed by atoms with Gasteiger partial charge >= 0.3 is 6.03 Å². The average Bonchev–Trinajstić information content (AvgIpc) is 2.48. The van der Waals surface area contributed by atoms with E-state index in [2.05, 4.69) is 20.9 Å². The Hall–Kier alpha value is -1.36. The number of hydrogen-bond acceptors (Lipinski definition) is 2. The Bertz CT molecular complexity index is 477. The number of carbonyl (C=O) groups excluding carboxylic acids is 1. The van der Waals surface area contributed by atoms with Gasteiger partial charge in [0.05, 0.1) is 0 Å². The number of rotatable bonds is 0. The molecule has 0 bridgehead atoms. The molecule has 13 heavy (non-hydrogen) atoms. The van der Waals surface area contributed by atoms with E-state index in [-0.39, 0.29) is 0 Å². The molecular weight excluding hydrogens is 234 g/mol. The van der Waals surface area contributed by atoms with Gasteiger partial charge in [-0.05, 0) is 28.1 Å². The molecule has 2 rings (SSSR count). The second-order valence-electron chi connectivity index (χ2n) is 2.55. The Kier molecular flexibility index (Phi) is 1.81. The molecule has 4 nitrogen and oxygen atoms in total. The van der Waals surface area contributed by atoms with Crippen LogP contribution in [0.5, 0.6) is 0 Å². The zero-order valence-electron chi connectivity index (χ0n) is 6.57. The summed E-state index contributed by atoms with van der Waals surface area (Å²) in [7, 11) is 0. The zero-order chi connectivity index (χ0) is 9.42. The van der Waals surface area contributed by atoms with Crippen molar-refractivity contribution in [3.63, 3.8) is 0 Å². The third-order valence-electron chi connectivity index (χ3n) is 1.77. The van der Waals surface area contributed by atoms with Crippen LogP contribution in [0.2, 0.25) is 0 Å². The van der Waals surface area contributed by atoms with Crippen molar-refractivity contribution in [2.24, 2.45) is 5.73 Å². The van der Waals surface area contributed by atoms with Crippen LogP contribution in [0.3, 0.4) is 0 Å². The predicted octanol–water partition coefficient (Wildman–Crippen LogP) is 1.73. The molecule has 0 spiro atoms. The highest BCUT2D eigenvalue weighted by Crippen LogP contribution is 2.22. The molecule has 0 aromatic carbocycles. The lowest BCUT2D eigenvalue weighted by molar-refractivity contribution is 0.251. The highest BCUT2D eigenvalue weighted by molar-refractivity contribution is 9.10. The summed E-state index contributed by atoms with van der Waals surface area (Å²) in [6.07, 6.45) is 3.22. The molecule has 1 amide bonds. The molecular formula is C8H6BrN3O. The van der Waals surface area contributed by atoms with E-state index in [0.29, 0.717) is 5.65 Å². The SMILES string of the molecule is NC(=O)n1ccc2c(Br)ccnc21. The van der Waals surface area contributed by atoms with Gasteiger partial charge in [0.2, 0.25) is 0 Å². The lowest BCUT2D eigenvalue weighted by Crippen LogP contribution is -2.18. The topological polar surface area (TPSA) is 60.9 Å². The quantitative estimate of drug-likeness (QED) is 0.762. The molecule has 0 atom stereocenters. The number of primary amides is 1. The maximum absolute atomic E-state index is 10.9. The molecule has 0 aliphatic heterocycles. The number of nitrogens with zero attached hydrogens (tertiary/aromatic N) is 2. The van der Waals surface area contributed by atoms with E-state index in [1.165, 1.54) is 4.57 Å². The summed E-state index contributed by atoms with van der Waals surface area (Å²) in [6, 6.07) is 3.07. The second-order valence-corrected chi connectivity index (χ2v) is 3.41. The van der Waals surface area contributed by atoms with Crippen LogP contribution in [0.4, 0.5) is 4.79 Å². The van der Waals surface area contributed by atoms with Crippen molar-refractivity contribution >= 4 is 33.0 Å². The van der Waals surface area contributed by atoms with E-state index in [1.54, 1.807) is 18.5 Å². The van der Waals surface area contributed by atoms with E-state index in [1.807, 2.05) is 6.07 Å². The normalized spacial score (nSPS) is 10.5. The molecule has 2 aromatic heterocycles. The molecule has 0 saturated heterocycles. The Balaban J connectivity index is 2.83. The van der Waals surface area contributed by atoms with Gasteiger partial charge in [0.25, 0.3) is 0 Å². The smallest absolute Gasteiger partial charge is 0.324 e. The van der Waals surface area contributed by atoms with Gasteiger partial charge in [0.15, 0.2) is 0 Å². The molecule has 0 unspecified atom stereocenters. The molecule has 0 radical (unpaired) electrons. The van der Waals surface area contributed by atoms with Crippen molar-refractivity contribution in [3.8, 4) is 0 Å². The van der Waals surface area contributed by atoms with Gasteiger partial charge in [-0.25, -0.2) is 9.78 Å². The van der Waals surface area contributed by atoms with Crippen LogP contribution in [0.25, 0.3) is 11.0 Å². The zero-order valence-corrected chi connectivity index (χ0v) is 8.15. The first-order chi connectivity index (χ1) is 6.20. The van der Waals surface area contributed by atoms with E-state index in [4.69, 9.17) is 5.73 Å². The number of pyridine rings is 1. The number of aromatic nitrogens is 2. The summed E-state index contributed by atoms with van der Waals surface area (Å²) in [5.41, 5.74) is 5.71. The third-order valence-corrected chi connectivity index (χ3v) is 2.46. The van der Waals surface area contributed by atoms with E-state index >= 15 is 0 Å². The van der Waals surface area contributed by atoms with Crippen molar-refractivity contribution in [2.45, 2.75) is 0 Å². The number of nitrogens with two attached hydrogens (primary N) is 1. The maximum Gasteiger partial charge on any atom is 0.324 e. The lowest BCUT2D eigenvalue weighted by Gasteiger charge is -1.97. The molecule has 5 heteroatoms. The monoisotopic (exact) mass is 239 g/mol. The van der Waals surface area contributed by atoms with Gasteiger partial charge in [-0.3, -0.25) is 4.57 Å². The standard InChI is InChI=1S/C8H6BrN3O/c9-6-1-3-11-7-5(6)2-4-12(7)8(10)13/h1-4H,(H2,10,13). The summed E-state index contributed by atoms with van der Waals surface area (Å²) in [4.78, 5) is 15.0. The minimum atomic E-state index is -0.527. The van der Waals surface area contributed by atoms with Crippen LogP contribution in [0.15, 0.2) is 29.0 Å². The molecule has 0 saturated carbocycles. The van der Waals surface area contributed by atoms with Crippen molar-refractivity contribution in [3.05, 3.63) is 29.0 Å². The van der Waals surface area contributed by atoms with Crippen LogP contribution in [0, 0.1) is 0 Å². The fourth-order valence-corrected chi connectivity index (χ4v) is 1.61. The van der Waals surface area contributed by atoms with Gasteiger partial charge in [-0.2, -0.15) is 0 Å². The van der Waals surface area contributed by atoms with Gasteiger partial charge in [-0.15, -0.1) is 0 Å². The van der Waals surface area contributed by atoms with Crippen LogP contribution < -0.4 is 5.73 Å². The summed E-state index contributed by atoms with van der Waals surface area (Å²) in [6.45, 7) is 0. The number of carbonyl (C=O) groups is 1. The minimum absolute atomic E-state index is 0.527. The number of amides is 1. The molecule has 0 fully saturated rings. The first-order valence-corrected chi connectivity index (χ1v) is 4.41. The maximum atomic E-state index is 10.9. The Labute approximate surface area is 82.5 Å². The molecule has 2 N–H and O–H groups in total. The van der Waals surface area contributed by atoms with Crippen LogP contribution in [0.1, 0.15) is 0 Å². The molecule has 0 aliphatic carbocycles. The second kappa shape index (κ2) is 2.85. The third kappa shape index (κ3) is 1.21. The Morgan fingerprint density at radius 1 is 1.54 bits per heavy atom. The summed E-state index contributed by atoms with van der Waals surface area (Å²) in [5.74, 6) is 0.